The zero-order chi connectivity index (χ0) is 23.1. The Morgan fingerprint density at radius 2 is 1.44 bits per heavy atom. The molecule has 1 aromatic carbocycles. The van der Waals surface area contributed by atoms with E-state index in [9.17, 15) is 26.4 Å². The SMILES string of the molecule is Nc1ccc(S(=O)(=O)C2CCN(C3CN(C4CCN(C(=O)C(F)(F)F)CC4)C3)CC2)cc1. The van der Waals surface area contributed by atoms with E-state index < -0.39 is 27.2 Å². The van der Waals surface area contributed by atoms with Crippen molar-refractivity contribution in [1.29, 1.82) is 0 Å². The molecular weight excluding hydrogens is 445 g/mol. The van der Waals surface area contributed by atoms with E-state index in [4.69, 9.17) is 5.73 Å². The molecule has 7 nitrogen and oxygen atoms in total. The molecule has 0 aromatic heterocycles. The number of anilines is 1. The van der Waals surface area contributed by atoms with Gasteiger partial charge in [-0.05, 0) is 63.0 Å². The van der Waals surface area contributed by atoms with Crippen LogP contribution < -0.4 is 5.73 Å². The van der Waals surface area contributed by atoms with Gasteiger partial charge in [0.1, 0.15) is 0 Å². The molecule has 1 aromatic rings. The Labute approximate surface area is 186 Å². The minimum atomic E-state index is -4.80. The highest BCUT2D eigenvalue weighted by Gasteiger charge is 2.45. The molecule has 0 unspecified atom stereocenters. The van der Waals surface area contributed by atoms with Crippen molar-refractivity contribution in [3.05, 3.63) is 24.3 Å². The molecule has 178 valence electrons. The number of carbonyl (C=O) groups excluding carboxylic acids is 1. The van der Waals surface area contributed by atoms with Gasteiger partial charge in [0, 0.05) is 44.0 Å². The summed E-state index contributed by atoms with van der Waals surface area (Å²) in [6.45, 7) is 3.39. The summed E-state index contributed by atoms with van der Waals surface area (Å²) in [6.07, 6.45) is -2.53. The van der Waals surface area contributed by atoms with E-state index >= 15 is 0 Å². The fourth-order valence-electron chi connectivity index (χ4n) is 5.03. The Balaban J connectivity index is 1.22. The van der Waals surface area contributed by atoms with Gasteiger partial charge in [0.05, 0.1) is 10.1 Å². The Morgan fingerprint density at radius 3 is 1.97 bits per heavy atom. The largest absolute Gasteiger partial charge is 0.471 e. The van der Waals surface area contributed by atoms with Crippen molar-refractivity contribution < 1.29 is 26.4 Å². The number of hydrogen-bond donors (Lipinski definition) is 1. The maximum Gasteiger partial charge on any atom is 0.471 e. The van der Waals surface area contributed by atoms with Crippen molar-refractivity contribution in [1.82, 2.24) is 14.7 Å². The third-order valence-corrected chi connectivity index (χ3v) is 9.32. The average Bonchev–Trinajstić information content (AvgIpc) is 2.73. The van der Waals surface area contributed by atoms with Crippen LogP contribution in [0.5, 0.6) is 0 Å². The molecule has 4 rings (SSSR count). The molecule has 0 atom stereocenters. The molecule has 3 aliphatic rings. The number of nitrogens with two attached hydrogens (primary N) is 1. The molecule has 0 radical (unpaired) electrons. The number of carbonyl (C=O) groups is 1. The third-order valence-electron chi connectivity index (χ3n) is 7.04. The number of benzene rings is 1. The van der Waals surface area contributed by atoms with Gasteiger partial charge < -0.3 is 10.6 Å². The third kappa shape index (κ3) is 4.74. The predicted octanol–water partition coefficient (Wildman–Crippen LogP) is 1.74. The lowest BCUT2D eigenvalue weighted by Crippen LogP contribution is -2.65. The molecule has 32 heavy (non-hydrogen) atoms. The van der Waals surface area contributed by atoms with Gasteiger partial charge in [-0.3, -0.25) is 14.6 Å². The summed E-state index contributed by atoms with van der Waals surface area (Å²) in [7, 11) is -3.37. The van der Waals surface area contributed by atoms with Crippen molar-refractivity contribution >= 4 is 21.4 Å². The van der Waals surface area contributed by atoms with Gasteiger partial charge in [-0.1, -0.05) is 0 Å². The summed E-state index contributed by atoms with van der Waals surface area (Å²) in [6, 6.07) is 6.89. The zero-order valence-corrected chi connectivity index (χ0v) is 18.6. The number of amides is 1. The number of halogens is 3. The minimum Gasteiger partial charge on any atom is -0.399 e. The lowest BCUT2D eigenvalue weighted by molar-refractivity contribution is -0.187. The van der Waals surface area contributed by atoms with Crippen LogP contribution in [0, 0.1) is 0 Å². The lowest BCUT2D eigenvalue weighted by Gasteiger charge is -2.51. The van der Waals surface area contributed by atoms with Crippen LogP contribution in [0.3, 0.4) is 0 Å². The highest BCUT2D eigenvalue weighted by molar-refractivity contribution is 7.92. The summed E-state index contributed by atoms with van der Waals surface area (Å²) in [4.78, 5) is 17.2. The van der Waals surface area contributed by atoms with Crippen molar-refractivity contribution in [2.75, 3.05) is 45.0 Å². The second kappa shape index (κ2) is 8.83. The maximum atomic E-state index is 12.9. The van der Waals surface area contributed by atoms with Crippen molar-refractivity contribution in [2.45, 2.75) is 54.1 Å². The number of sulfone groups is 1. The number of nitrogens with zero attached hydrogens (tertiary/aromatic N) is 3. The Hall–Kier alpha value is -1.85. The van der Waals surface area contributed by atoms with Crippen LogP contribution in [0.25, 0.3) is 0 Å². The molecule has 2 N–H and O–H groups in total. The van der Waals surface area contributed by atoms with Gasteiger partial charge in [-0.15, -0.1) is 0 Å². The first-order valence-corrected chi connectivity index (χ1v) is 12.5. The van der Waals surface area contributed by atoms with Crippen LogP contribution >= 0.6 is 0 Å². The first kappa shape index (κ1) is 23.3. The quantitative estimate of drug-likeness (QED) is 0.669. The Kier molecular flexibility index (Phi) is 6.43. The standard InChI is InChI=1S/C21H29F3N4O3S/c22-21(23,24)20(29)27-9-5-16(6-10-27)28-13-17(14-28)26-11-7-19(8-12-26)32(30,31)18-3-1-15(25)2-4-18/h1-4,16-17,19H,5-14,25H2. The van der Waals surface area contributed by atoms with Crippen molar-refractivity contribution in [2.24, 2.45) is 0 Å². The average molecular weight is 475 g/mol. The normalized spacial score (nSPS) is 23.3. The minimum absolute atomic E-state index is 0.137. The Bertz CT molecular complexity index is 917. The summed E-state index contributed by atoms with van der Waals surface area (Å²) >= 11 is 0. The molecule has 3 fully saturated rings. The smallest absolute Gasteiger partial charge is 0.399 e. The molecule has 3 saturated heterocycles. The Morgan fingerprint density at radius 1 is 0.875 bits per heavy atom. The van der Waals surface area contributed by atoms with E-state index in [1.54, 1.807) is 24.3 Å². The highest BCUT2D eigenvalue weighted by Crippen LogP contribution is 2.30. The zero-order valence-electron chi connectivity index (χ0n) is 17.8. The molecule has 3 heterocycles. The summed E-state index contributed by atoms with van der Waals surface area (Å²) in [5, 5.41) is -0.394. The molecule has 0 aliphatic carbocycles. The first-order valence-electron chi connectivity index (χ1n) is 11.0. The van der Waals surface area contributed by atoms with E-state index in [1.165, 1.54) is 0 Å². The van der Waals surface area contributed by atoms with Gasteiger partial charge in [0.15, 0.2) is 9.84 Å². The fourth-order valence-corrected chi connectivity index (χ4v) is 6.76. The van der Waals surface area contributed by atoms with E-state index in [0.29, 0.717) is 42.3 Å². The summed E-state index contributed by atoms with van der Waals surface area (Å²) in [5.74, 6) is -1.74. The maximum absolute atomic E-state index is 12.9. The number of rotatable bonds is 4. The van der Waals surface area contributed by atoms with Crippen molar-refractivity contribution in [3.63, 3.8) is 0 Å². The molecule has 3 aliphatic heterocycles. The van der Waals surface area contributed by atoms with E-state index in [2.05, 4.69) is 9.80 Å². The molecule has 0 spiro atoms. The van der Waals surface area contributed by atoms with Crippen molar-refractivity contribution in [3.8, 4) is 0 Å². The number of hydrogen-bond acceptors (Lipinski definition) is 6. The fraction of sp³-hybridized carbons (Fsp3) is 0.667. The second-order valence-electron chi connectivity index (χ2n) is 8.98. The second-order valence-corrected chi connectivity index (χ2v) is 11.2. The van der Waals surface area contributed by atoms with Crippen LogP contribution in [0.4, 0.5) is 18.9 Å². The van der Waals surface area contributed by atoms with Crippen LogP contribution in [0.1, 0.15) is 25.7 Å². The molecule has 1 amide bonds. The van der Waals surface area contributed by atoms with Gasteiger partial charge in [-0.25, -0.2) is 8.42 Å². The van der Waals surface area contributed by atoms with Gasteiger partial charge in [0.25, 0.3) is 0 Å². The lowest BCUT2D eigenvalue weighted by atomic mass is 9.95. The molecule has 11 heteroatoms. The first-order chi connectivity index (χ1) is 15.1. The number of likely N-dealkylation sites (tertiary alicyclic amines) is 3. The van der Waals surface area contributed by atoms with Gasteiger partial charge >= 0.3 is 12.1 Å². The number of nitrogen functional groups attached to an aromatic ring is 1. The van der Waals surface area contributed by atoms with Gasteiger partial charge in [-0.2, -0.15) is 13.2 Å². The highest BCUT2D eigenvalue weighted by atomic mass is 32.2. The van der Waals surface area contributed by atoms with Crippen LogP contribution in [0.2, 0.25) is 0 Å². The summed E-state index contributed by atoms with van der Waals surface area (Å²) in [5.41, 5.74) is 6.19. The van der Waals surface area contributed by atoms with Crippen LogP contribution in [0.15, 0.2) is 29.2 Å². The molecule has 0 bridgehead atoms. The van der Waals surface area contributed by atoms with E-state index in [1.807, 2.05) is 0 Å². The predicted molar refractivity (Wildman–Crippen MR) is 114 cm³/mol. The molecular formula is C21H29F3N4O3S. The monoisotopic (exact) mass is 474 g/mol. The van der Waals surface area contributed by atoms with E-state index in [-0.39, 0.29) is 19.1 Å². The molecule has 0 saturated carbocycles. The number of piperidine rings is 2. The topological polar surface area (TPSA) is 86.9 Å². The summed E-state index contributed by atoms with van der Waals surface area (Å²) < 4.78 is 63.5. The number of alkyl halides is 3. The van der Waals surface area contributed by atoms with Gasteiger partial charge in [0.2, 0.25) is 0 Å². The van der Waals surface area contributed by atoms with Crippen LogP contribution in [-0.4, -0.2) is 91.8 Å². The van der Waals surface area contributed by atoms with Crippen LogP contribution in [-0.2, 0) is 14.6 Å². The van der Waals surface area contributed by atoms with E-state index in [0.717, 1.165) is 31.1 Å².